The third-order valence-electron chi connectivity index (χ3n) is 3.18. The van der Waals surface area contributed by atoms with E-state index >= 15 is 0 Å². The molecule has 16 heavy (non-hydrogen) atoms. The molecule has 0 amide bonds. The van der Waals surface area contributed by atoms with Crippen LogP contribution in [-0.4, -0.2) is 24.9 Å². The van der Waals surface area contributed by atoms with Crippen LogP contribution in [0.25, 0.3) is 0 Å². The Hall–Kier alpha value is -0.0500. The molecule has 1 rings (SSSR count). The lowest BCUT2D eigenvalue weighted by Crippen LogP contribution is -2.26. The number of alkyl halides is 1. The summed E-state index contributed by atoms with van der Waals surface area (Å²) in [5.41, 5.74) is 1.63. The van der Waals surface area contributed by atoms with Gasteiger partial charge in [0.2, 0.25) is 0 Å². The molecule has 0 fully saturated rings. The van der Waals surface area contributed by atoms with Crippen LogP contribution in [0.2, 0.25) is 0 Å². The van der Waals surface area contributed by atoms with Gasteiger partial charge in [-0.1, -0.05) is 32.4 Å². The second-order valence-electron chi connectivity index (χ2n) is 5.07. The van der Waals surface area contributed by atoms with Crippen molar-refractivity contribution < 1.29 is 9.47 Å². The van der Waals surface area contributed by atoms with Crippen molar-refractivity contribution in [3.05, 3.63) is 11.6 Å². The third kappa shape index (κ3) is 3.76. The topological polar surface area (TPSA) is 18.5 Å². The molecule has 0 aliphatic heterocycles. The highest BCUT2D eigenvalue weighted by atomic mass is 35.5. The Kier molecular flexibility index (Phi) is 5.29. The van der Waals surface area contributed by atoms with Gasteiger partial charge in [-0.15, -0.1) is 11.6 Å². The summed E-state index contributed by atoms with van der Waals surface area (Å²) in [6.07, 6.45) is 4.07. The van der Waals surface area contributed by atoms with E-state index in [-0.39, 0.29) is 17.8 Å². The molecular weight excluding hydrogens is 224 g/mol. The van der Waals surface area contributed by atoms with E-state index in [2.05, 4.69) is 33.8 Å². The van der Waals surface area contributed by atoms with E-state index in [1.54, 1.807) is 0 Å². The predicted molar refractivity (Wildman–Crippen MR) is 67.8 cm³/mol. The van der Waals surface area contributed by atoms with Crippen molar-refractivity contribution in [3.63, 3.8) is 0 Å². The van der Waals surface area contributed by atoms with Gasteiger partial charge < -0.3 is 9.47 Å². The van der Waals surface area contributed by atoms with Crippen LogP contribution < -0.4 is 0 Å². The van der Waals surface area contributed by atoms with Gasteiger partial charge >= 0.3 is 0 Å². The number of ether oxygens (including phenoxy) is 2. The fourth-order valence-corrected chi connectivity index (χ4v) is 2.04. The molecule has 0 saturated carbocycles. The molecule has 0 N–H and O–H groups in total. The summed E-state index contributed by atoms with van der Waals surface area (Å²) >= 11 is 5.82. The molecule has 1 aliphatic rings. The van der Waals surface area contributed by atoms with Crippen LogP contribution in [0.4, 0.5) is 0 Å². The first-order valence-electron chi connectivity index (χ1n) is 6.01. The molecule has 0 aromatic rings. The predicted octanol–water partition coefficient (Wildman–Crippen LogP) is 3.74. The summed E-state index contributed by atoms with van der Waals surface area (Å²) in [4.78, 5) is 0. The Morgan fingerprint density at radius 1 is 1.56 bits per heavy atom. The first kappa shape index (κ1) is 14.0. The molecule has 0 aromatic heterocycles. The van der Waals surface area contributed by atoms with Crippen LogP contribution in [0.1, 0.15) is 40.5 Å². The average Bonchev–Trinajstić information content (AvgIpc) is 2.47. The lowest BCUT2D eigenvalue weighted by atomic mass is 9.87. The van der Waals surface area contributed by atoms with E-state index in [1.165, 1.54) is 5.57 Å². The second kappa shape index (κ2) is 6.04. The van der Waals surface area contributed by atoms with Crippen LogP contribution >= 0.6 is 11.6 Å². The van der Waals surface area contributed by atoms with Gasteiger partial charge in [-0.2, -0.15) is 0 Å². The maximum Gasteiger partial charge on any atom is 0.171 e. The minimum atomic E-state index is -0.274. The summed E-state index contributed by atoms with van der Waals surface area (Å²) < 4.78 is 11.4. The molecule has 0 bridgehead atoms. The average molecular weight is 247 g/mol. The summed E-state index contributed by atoms with van der Waals surface area (Å²) in [5, 5.41) is 0. The van der Waals surface area contributed by atoms with Gasteiger partial charge in [0.25, 0.3) is 0 Å². The SMILES string of the molecule is CCCOC(CCl)OC1C=C(C)C(C)(C)C1. The Balaban J connectivity index is 2.43. The normalized spacial score (nSPS) is 25.6. The third-order valence-corrected chi connectivity index (χ3v) is 3.43. The molecule has 2 unspecified atom stereocenters. The highest BCUT2D eigenvalue weighted by molar-refractivity contribution is 6.18. The van der Waals surface area contributed by atoms with Gasteiger partial charge in [0.05, 0.1) is 12.0 Å². The summed E-state index contributed by atoms with van der Waals surface area (Å²) in [6, 6.07) is 0. The highest BCUT2D eigenvalue weighted by Gasteiger charge is 2.32. The number of hydrogen-bond acceptors (Lipinski definition) is 2. The zero-order chi connectivity index (χ0) is 12.2. The molecule has 0 heterocycles. The quantitative estimate of drug-likeness (QED) is 0.404. The van der Waals surface area contributed by atoms with Crippen LogP contribution in [0.3, 0.4) is 0 Å². The fourth-order valence-electron chi connectivity index (χ4n) is 1.88. The lowest BCUT2D eigenvalue weighted by Gasteiger charge is -2.23. The molecule has 94 valence electrons. The minimum absolute atomic E-state index is 0.149. The van der Waals surface area contributed by atoms with Crippen LogP contribution in [0.15, 0.2) is 11.6 Å². The standard InChI is InChI=1S/C13H23ClO2/c1-5-6-15-12(9-14)16-11-7-10(2)13(3,4)8-11/h7,11-12H,5-6,8-9H2,1-4H3. The largest absolute Gasteiger partial charge is 0.351 e. The van der Waals surface area contributed by atoms with Crippen molar-refractivity contribution >= 4 is 11.6 Å². The molecule has 0 aromatic carbocycles. The van der Waals surface area contributed by atoms with Crippen LogP contribution in [-0.2, 0) is 9.47 Å². The Morgan fingerprint density at radius 3 is 2.69 bits per heavy atom. The first-order valence-corrected chi connectivity index (χ1v) is 6.55. The van der Waals surface area contributed by atoms with E-state index in [4.69, 9.17) is 21.1 Å². The van der Waals surface area contributed by atoms with E-state index in [0.29, 0.717) is 12.5 Å². The molecule has 0 saturated heterocycles. The molecule has 0 radical (unpaired) electrons. The maximum atomic E-state index is 5.84. The van der Waals surface area contributed by atoms with Crippen molar-refractivity contribution in [2.75, 3.05) is 12.5 Å². The van der Waals surface area contributed by atoms with Gasteiger partial charge in [-0.25, -0.2) is 0 Å². The summed E-state index contributed by atoms with van der Waals surface area (Å²) in [6.45, 7) is 9.42. The number of allylic oxidation sites excluding steroid dienone is 1. The second-order valence-corrected chi connectivity index (χ2v) is 5.38. The molecule has 0 spiro atoms. The Labute approximate surface area is 104 Å². The van der Waals surface area contributed by atoms with Crippen molar-refractivity contribution in [1.82, 2.24) is 0 Å². The van der Waals surface area contributed by atoms with Crippen molar-refractivity contribution in [1.29, 1.82) is 0 Å². The number of hydrogen-bond donors (Lipinski definition) is 0. The van der Waals surface area contributed by atoms with E-state index in [1.807, 2.05) is 0 Å². The first-order chi connectivity index (χ1) is 7.49. The van der Waals surface area contributed by atoms with Crippen LogP contribution in [0.5, 0.6) is 0 Å². The summed E-state index contributed by atoms with van der Waals surface area (Å²) in [7, 11) is 0. The van der Waals surface area contributed by atoms with E-state index in [9.17, 15) is 0 Å². The molecule has 2 atom stereocenters. The molecule has 3 heteroatoms. The van der Waals surface area contributed by atoms with Crippen LogP contribution in [0, 0.1) is 5.41 Å². The fraction of sp³-hybridized carbons (Fsp3) is 0.846. The number of rotatable bonds is 6. The number of halogens is 1. The Morgan fingerprint density at radius 2 is 2.25 bits per heavy atom. The van der Waals surface area contributed by atoms with Gasteiger partial charge in [0.1, 0.15) is 0 Å². The zero-order valence-electron chi connectivity index (χ0n) is 10.8. The Bertz CT molecular complexity index is 248. The smallest absolute Gasteiger partial charge is 0.171 e. The van der Waals surface area contributed by atoms with Crippen molar-refractivity contribution in [2.45, 2.75) is 52.9 Å². The van der Waals surface area contributed by atoms with Gasteiger partial charge in [0, 0.05) is 6.61 Å². The van der Waals surface area contributed by atoms with E-state index in [0.717, 1.165) is 12.8 Å². The van der Waals surface area contributed by atoms with Crippen molar-refractivity contribution in [3.8, 4) is 0 Å². The highest BCUT2D eigenvalue weighted by Crippen LogP contribution is 2.39. The molecule has 2 nitrogen and oxygen atoms in total. The molecule has 1 aliphatic carbocycles. The zero-order valence-corrected chi connectivity index (χ0v) is 11.5. The van der Waals surface area contributed by atoms with Gasteiger partial charge in [-0.3, -0.25) is 0 Å². The summed E-state index contributed by atoms with van der Waals surface area (Å²) in [5.74, 6) is 0.393. The van der Waals surface area contributed by atoms with Gasteiger partial charge in [-0.05, 0) is 25.2 Å². The monoisotopic (exact) mass is 246 g/mol. The maximum absolute atomic E-state index is 5.84. The van der Waals surface area contributed by atoms with Gasteiger partial charge in [0.15, 0.2) is 6.29 Å². The minimum Gasteiger partial charge on any atom is -0.351 e. The molecular formula is C13H23ClO2. The lowest BCUT2D eigenvalue weighted by molar-refractivity contribution is -0.148. The van der Waals surface area contributed by atoms with Crippen molar-refractivity contribution in [2.24, 2.45) is 5.41 Å². The van der Waals surface area contributed by atoms with E-state index < -0.39 is 0 Å².